The molecule has 0 radical (unpaired) electrons. The molecule has 0 heterocycles. The Kier molecular flexibility index (Phi) is 9.28. The largest absolute Gasteiger partial charge is 0.490 e. The van der Waals surface area contributed by atoms with Gasteiger partial charge in [-0.05, 0) is 61.9 Å². The lowest BCUT2D eigenvalue weighted by atomic mass is 10.2. The summed E-state index contributed by atoms with van der Waals surface area (Å²) in [6, 6.07) is 10.9. The Morgan fingerprint density at radius 1 is 1.03 bits per heavy atom. The van der Waals surface area contributed by atoms with Crippen LogP contribution in [0.25, 0.3) is 6.08 Å². The highest BCUT2D eigenvalue weighted by Crippen LogP contribution is 2.30. The molecule has 0 aromatic heterocycles. The molecule has 0 unspecified atom stereocenters. The van der Waals surface area contributed by atoms with E-state index in [9.17, 15) is 18.4 Å². The zero-order valence-corrected chi connectivity index (χ0v) is 17.2. The summed E-state index contributed by atoms with van der Waals surface area (Å²) in [6.45, 7) is 1.29. The van der Waals surface area contributed by atoms with Crippen LogP contribution in [0, 0.1) is 0 Å². The van der Waals surface area contributed by atoms with Crippen molar-refractivity contribution in [2.45, 2.75) is 20.5 Å². The van der Waals surface area contributed by atoms with Crippen LogP contribution in [0.1, 0.15) is 19.4 Å². The summed E-state index contributed by atoms with van der Waals surface area (Å²) in [7, 11) is 0. The lowest BCUT2D eigenvalue weighted by Crippen LogP contribution is -2.28. The second-order valence-electron chi connectivity index (χ2n) is 6.11. The number of hydrogen-bond acceptors (Lipinski definition) is 5. The molecule has 2 N–H and O–H groups in total. The van der Waals surface area contributed by atoms with Gasteiger partial charge in [-0.25, -0.2) is 0 Å². The third kappa shape index (κ3) is 8.33. The maximum absolute atomic E-state index is 12.5. The second kappa shape index (κ2) is 12.2. The number of carbonyl (C=O) groups is 2. The molecule has 0 bridgehead atoms. The molecule has 0 saturated carbocycles. The van der Waals surface area contributed by atoms with Gasteiger partial charge in [0.1, 0.15) is 5.75 Å². The van der Waals surface area contributed by atoms with Crippen LogP contribution >= 0.6 is 0 Å². The van der Waals surface area contributed by atoms with E-state index in [1.165, 1.54) is 30.4 Å². The van der Waals surface area contributed by atoms with Crippen LogP contribution in [0.4, 0.5) is 14.5 Å². The molecule has 166 valence electrons. The highest BCUT2D eigenvalue weighted by Gasteiger charge is 2.11. The van der Waals surface area contributed by atoms with E-state index in [0.29, 0.717) is 23.5 Å². The molecule has 0 spiro atoms. The third-order valence-corrected chi connectivity index (χ3v) is 3.78. The van der Waals surface area contributed by atoms with Crippen molar-refractivity contribution in [3.63, 3.8) is 0 Å². The predicted octanol–water partition coefficient (Wildman–Crippen LogP) is 3.85. The van der Waals surface area contributed by atoms with Crippen LogP contribution in [0.15, 0.2) is 48.5 Å². The Balaban J connectivity index is 1.94. The van der Waals surface area contributed by atoms with E-state index < -0.39 is 6.61 Å². The normalized spacial score (nSPS) is 10.7. The van der Waals surface area contributed by atoms with Gasteiger partial charge in [-0.3, -0.25) is 9.59 Å². The van der Waals surface area contributed by atoms with E-state index in [0.717, 1.165) is 0 Å². The Bertz CT molecular complexity index is 901. The molecule has 2 aromatic carbocycles. The number of carbonyl (C=O) groups excluding carboxylic acids is 2. The highest BCUT2D eigenvalue weighted by molar-refractivity contribution is 6.02. The lowest BCUT2D eigenvalue weighted by Gasteiger charge is -2.11. The Morgan fingerprint density at radius 2 is 1.77 bits per heavy atom. The van der Waals surface area contributed by atoms with Gasteiger partial charge in [0.15, 0.2) is 18.1 Å². The van der Waals surface area contributed by atoms with Gasteiger partial charge in [-0.1, -0.05) is 6.07 Å². The minimum Gasteiger partial charge on any atom is -0.490 e. The number of nitrogens with one attached hydrogen (secondary N) is 2. The summed E-state index contributed by atoms with van der Waals surface area (Å²) in [5.74, 6) is -0.0241. The fraction of sp³-hybridized carbons (Fsp3) is 0.273. The highest BCUT2D eigenvalue weighted by atomic mass is 19.3. The monoisotopic (exact) mass is 434 g/mol. The number of amides is 2. The zero-order valence-electron chi connectivity index (χ0n) is 17.2. The van der Waals surface area contributed by atoms with Gasteiger partial charge in [-0.2, -0.15) is 8.78 Å². The van der Waals surface area contributed by atoms with E-state index in [1.54, 1.807) is 31.2 Å². The molecule has 0 aliphatic rings. The summed E-state index contributed by atoms with van der Waals surface area (Å²) in [6.07, 6.45) is 2.83. The van der Waals surface area contributed by atoms with Gasteiger partial charge >= 0.3 is 6.61 Å². The first-order valence-corrected chi connectivity index (χ1v) is 9.61. The first kappa shape index (κ1) is 23.7. The number of rotatable bonds is 11. The number of anilines is 1. The van der Waals surface area contributed by atoms with Gasteiger partial charge in [0.2, 0.25) is 5.91 Å². The molecule has 0 saturated heterocycles. The van der Waals surface area contributed by atoms with Gasteiger partial charge in [-0.15, -0.1) is 0 Å². The number of ether oxygens (including phenoxy) is 3. The molecule has 31 heavy (non-hydrogen) atoms. The summed E-state index contributed by atoms with van der Waals surface area (Å²) in [4.78, 5) is 23.5. The number of halogens is 2. The maximum Gasteiger partial charge on any atom is 0.387 e. The summed E-state index contributed by atoms with van der Waals surface area (Å²) in [5, 5.41) is 5.31. The average Bonchev–Trinajstić information content (AvgIpc) is 2.73. The molecular weight excluding hydrogens is 410 g/mol. The van der Waals surface area contributed by atoms with Gasteiger partial charge in [0.25, 0.3) is 5.91 Å². The molecule has 9 heteroatoms. The lowest BCUT2D eigenvalue weighted by molar-refractivity contribution is -0.123. The zero-order chi connectivity index (χ0) is 22.6. The van der Waals surface area contributed by atoms with Crippen molar-refractivity contribution in [3.05, 3.63) is 54.1 Å². The van der Waals surface area contributed by atoms with Crippen molar-refractivity contribution in [1.82, 2.24) is 5.32 Å². The molecule has 0 aliphatic carbocycles. The van der Waals surface area contributed by atoms with Crippen molar-refractivity contribution < 1.29 is 32.6 Å². The molecular formula is C22H24F2N2O5. The number of hydrogen-bond donors (Lipinski definition) is 2. The Morgan fingerprint density at radius 3 is 2.42 bits per heavy atom. The van der Waals surface area contributed by atoms with Crippen LogP contribution in [0.2, 0.25) is 0 Å². The summed E-state index contributed by atoms with van der Waals surface area (Å²) >= 11 is 0. The van der Waals surface area contributed by atoms with Crippen LogP contribution in [0.3, 0.4) is 0 Å². The Labute approximate surface area is 179 Å². The SMILES string of the molecule is CCNC(=O)COc1ccc(NC(=O)/C=C/c2ccc(OC(F)F)c(OCC)c2)cc1. The summed E-state index contributed by atoms with van der Waals surface area (Å²) < 4.78 is 40.0. The molecule has 2 aromatic rings. The predicted molar refractivity (Wildman–Crippen MR) is 113 cm³/mol. The van der Waals surface area contributed by atoms with Crippen molar-refractivity contribution >= 4 is 23.6 Å². The number of alkyl halides is 2. The fourth-order valence-electron chi connectivity index (χ4n) is 2.48. The van der Waals surface area contributed by atoms with E-state index in [1.807, 2.05) is 6.92 Å². The van der Waals surface area contributed by atoms with Crippen LogP contribution < -0.4 is 24.8 Å². The number of likely N-dealkylation sites (N-methyl/N-ethyl adjacent to an activating group) is 1. The number of benzene rings is 2. The Hall–Kier alpha value is -3.62. The van der Waals surface area contributed by atoms with E-state index in [2.05, 4.69) is 15.4 Å². The molecule has 0 fully saturated rings. The van der Waals surface area contributed by atoms with Gasteiger partial charge in [0, 0.05) is 18.3 Å². The van der Waals surface area contributed by atoms with E-state index >= 15 is 0 Å². The fourth-order valence-corrected chi connectivity index (χ4v) is 2.48. The van der Waals surface area contributed by atoms with Crippen LogP contribution in [0.5, 0.6) is 17.2 Å². The van der Waals surface area contributed by atoms with E-state index in [-0.39, 0.29) is 36.5 Å². The first-order chi connectivity index (χ1) is 14.9. The van der Waals surface area contributed by atoms with Gasteiger partial charge < -0.3 is 24.8 Å². The van der Waals surface area contributed by atoms with Crippen LogP contribution in [-0.2, 0) is 9.59 Å². The van der Waals surface area contributed by atoms with Crippen molar-refractivity contribution in [2.24, 2.45) is 0 Å². The smallest absolute Gasteiger partial charge is 0.387 e. The van der Waals surface area contributed by atoms with Crippen LogP contribution in [-0.4, -0.2) is 38.2 Å². The standard InChI is InChI=1S/C22H24F2N2O5/c1-3-25-21(28)14-30-17-9-7-16(8-10-17)26-20(27)12-6-15-5-11-18(31-22(23)24)19(13-15)29-4-2/h5-13,22H,3-4,14H2,1-2H3,(H,25,28)(H,26,27)/b12-6+. The average molecular weight is 434 g/mol. The van der Waals surface area contributed by atoms with Gasteiger partial charge in [0.05, 0.1) is 6.61 Å². The van der Waals surface area contributed by atoms with Crippen molar-refractivity contribution in [2.75, 3.05) is 25.1 Å². The third-order valence-electron chi connectivity index (χ3n) is 3.78. The molecule has 2 rings (SSSR count). The minimum atomic E-state index is -2.96. The topological polar surface area (TPSA) is 85.9 Å². The minimum absolute atomic E-state index is 0.0760. The van der Waals surface area contributed by atoms with E-state index in [4.69, 9.17) is 9.47 Å². The summed E-state index contributed by atoms with van der Waals surface area (Å²) in [5.41, 5.74) is 1.12. The molecule has 0 aliphatic heterocycles. The molecule has 0 atom stereocenters. The quantitative estimate of drug-likeness (QED) is 0.525. The maximum atomic E-state index is 12.5. The molecule has 2 amide bonds. The first-order valence-electron chi connectivity index (χ1n) is 9.61. The van der Waals surface area contributed by atoms with Crippen molar-refractivity contribution in [3.8, 4) is 17.2 Å². The van der Waals surface area contributed by atoms with Crippen molar-refractivity contribution in [1.29, 1.82) is 0 Å². The molecule has 7 nitrogen and oxygen atoms in total. The second-order valence-corrected chi connectivity index (χ2v) is 6.11.